The summed E-state index contributed by atoms with van der Waals surface area (Å²) in [5.74, 6) is -1.98. The van der Waals surface area contributed by atoms with Crippen molar-refractivity contribution >= 4 is 65.7 Å². The summed E-state index contributed by atoms with van der Waals surface area (Å²) in [6.45, 7) is -1.43. The molecule has 0 aliphatic carbocycles. The number of carbonyl (C=O) groups is 5. The van der Waals surface area contributed by atoms with E-state index in [0.717, 1.165) is 0 Å². The Hall–Kier alpha value is -7.37. The van der Waals surface area contributed by atoms with Crippen molar-refractivity contribution in [2.45, 2.75) is 50.0 Å². The van der Waals surface area contributed by atoms with Crippen LogP contribution in [0.15, 0.2) is 77.8 Å². The number of nitro groups is 3. The van der Waals surface area contributed by atoms with Gasteiger partial charge in [0, 0.05) is 67.3 Å². The van der Waals surface area contributed by atoms with Gasteiger partial charge in [0.25, 0.3) is 17.1 Å². The molecule has 24 heteroatoms. The molecule has 23 nitrogen and oxygen atoms in total. The first-order valence-electron chi connectivity index (χ1n) is 17.9. The number of carbonyl (C=O) groups excluding carboxylic acids is 5. The zero-order valence-electron chi connectivity index (χ0n) is 31.4. The van der Waals surface area contributed by atoms with Crippen molar-refractivity contribution in [3.05, 3.63) is 120 Å². The monoisotopic (exact) mass is 851 g/mol. The molecule has 2 aliphatic rings. The Balaban J connectivity index is 1.19. The van der Waals surface area contributed by atoms with E-state index in [4.69, 9.17) is 19.9 Å². The quantitative estimate of drug-likeness (QED) is 0.0554. The molecule has 316 valence electrons. The number of nitro benzene ring substituents is 3. The molecule has 5 rings (SSSR count). The summed E-state index contributed by atoms with van der Waals surface area (Å²) in [5, 5.41) is 35.2. The minimum absolute atomic E-state index is 0.0348. The molecule has 0 aromatic heterocycles. The van der Waals surface area contributed by atoms with Gasteiger partial charge in [0.2, 0.25) is 17.8 Å². The fourth-order valence-corrected chi connectivity index (χ4v) is 6.49. The fourth-order valence-electron chi connectivity index (χ4n) is 6.12. The number of aliphatic imine (C=N–C) groups is 1. The molecule has 2 saturated heterocycles. The van der Waals surface area contributed by atoms with Gasteiger partial charge >= 0.3 is 18.3 Å². The van der Waals surface area contributed by atoms with E-state index in [1.165, 1.54) is 82.6 Å². The normalized spacial score (nSPS) is 17.4. The largest absolute Gasteiger partial charge is 0.445 e. The molecule has 60 heavy (non-hydrogen) atoms. The maximum Gasteiger partial charge on any atom is 0.437 e. The third kappa shape index (κ3) is 11.8. The number of non-ortho nitro benzene ring substituents is 3. The number of nitrogens with two attached hydrogens (primary N) is 1. The Morgan fingerprint density at radius 2 is 1.25 bits per heavy atom. The lowest BCUT2D eigenvalue weighted by Gasteiger charge is -2.27. The summed E-state index contributed by atoms with van der Waals surface area (Å²) in [7, 11) is 0. The molecule has 3 aromatic rings. The first-order chi connectivity index (χ1) is 28.6. The lowest BCUT2D eigenvalue weighted by molar-refractivity contribution is -0.385. The van der Waals surface area contributed by atoms with Gasteiger partial charge in [-0.05, 0) is 65.9 Å². The minimum atomic E-state index is -1.27. The number of amides is 5. The number of rotatable bonds is 13. The number of hydrogen-bond donors (Lipinski definition) is 3. The summed E-state index contributed by atoms with van der Waals surface area (Å²) < 4.78 is 15.7. The molecule has 0 bridgehead atoms. The highest BCUT2D eigenvalue weighted by molar-refractivity contribution is 7.81. The lowest BCUT2D eigenvalue weighted by atomic mass is 10.2. The lowest BCUT2D eigenvalue weighted by Crippen LogP contribution is -2.51. The molecule has 0 spiro atoms. The fraction of sp³-hybridized carbons (Fsp3) is 0.333. The van der Waals surface area contributed by atoms with E-state index in [2.05, 4.69) is 22.9 Å². The standard InChI is InChI=1S/C36H37N9O14S/c37-33(39-34(48)57-19-22-1-7-26(8-2-22)43(51)52)42(36(50)59-21-24-5-11-28(12-6-24)45(55)56)18-31(46)38-25-13-14-40(16-25)32(47)30-15-29(60)17-41(30)35(49)58-20-23-3-9-27(10-4-23)44(53)54/h1-12,25,29-30,60H,13-21H2,(H,38,46)(H2,37,39,48)/t25-,29-,30-/m0/s1. The van der Waals surface area contributed by atoms with Crippen LogP contribution in [-0.2, 0) is 43.6 Å². The maximum atomic E-state index is 13.7. The second-order valence-electron chi connectivity index (χ2n) is 13.4. The zero-order chi connectivity index (χ0) is 43.5. The first kappa shape index (κ1) is 43.7. The van der Waals surface area contributed by atoms with E-state index in [-0.39, 0.29) is 61.6 Å². The number of likely N-dealkylation sites (tertiary alicyclic amines) is 2. The average molecular weight is 852 g/mol. The molecule has 0 unspecified atom stereocenters. The van der Waals surface area contributed by atoms with Crippen LogP contribution < -0.4 is 11.1 Å². The van der Waals surface area contributed by atoms with E-state index < -0.39 is 76.1 Å². The number of guanidine groups is 1. The summed E-state index contributed by atoms with van der Waals surface area (Å²) in [4.78, 5) is 104. The summed E-state index contributed by atoms with van der Waals surface area (Å²) in [6, 6.07) is 14.1. The Kier molecular flexibility index (Phi) is 14.5. The van der Waals surface area contributed by atoms with Gasteiger partial charge in [0.1, 0.15) is 32.4 Å². The van der Waals surface area contributed by atoms with Gasteiger partial charge in [-0.2, -0.15) is 12.6 Å². The molecule has 3 N–H and O–H groups in total. The van der Waals surface area contributed by atoms with Crippen LogP contribution in [0.3, 0.4) is 0 Å². The third-order valence-electron chi connectivity index (χ3n) is 9.20. The second-order valence-corrected chi connectivity index (χ2v) is 14.1. The summed E-state index contributed by atoms with van der Waals surface area (Å²) in [5.41, 5.74) is 6.69. The van der Waals surface area contributed by atoms with E-state index in [0.29, 0.717) is 28.0 Å². The van der Waals surface area contributed by atoms with E-state index >= 15 is 0 Å². The number of nitrogens with zero attached hydrogens (tertiary/aromatic N) is 7. The smallest absolute Gasteiger partial charge is 0.437 e. The first-order valence-corrected chi connectivity index (χ1v) is 18.4. The highest BCUT2D eigenvalue weighted by Gasteiger charge is 2.43. The zero-order valence-corrected chi connectivity index (χ0v) is 32.3. The van der Waals surface area contributed by atoms with Crippen molar-refractivity contribution in [1.29, 1.82) is 0 Å². The van der Waals surface area contributed by atoms with Crippen LogP contribution in [0.4, 0.5) is 31.4 Å². The van der Waals surface area contributed by atoms with Crippen molar-refractivity contribution in [2.75, 3.05) is 26.2 Å². The Morgan fingerprint density at radius 1 is 0.767 bits per heavy atom. The Labute approximate surface area is 344 Å². The topological polar surface area (TPSA) is 303 Å². The predicted molar refractivity (Wildman–Crippen MR) is 209 cm³/mol. The van der Waals surface area contributed by atoms with Gasteiger partial charge in [0.05, 0.1) is 14.8 Å². The minimum Gasteiger partial charge on any atom is -0.445 e. The number of nitrogens with one attached hydrogen (secondary N) is 1. The number of ether oxygens (including phenoxy) is 3. The third-order valence-corrected chi connectivity index (χ3v) is 9.57. The van der Waals surface area contributed by atoms with E-state index in [9.17, 15) is 54.3 Å². The van der Waals surface area contributed by atoms with E-state index in [1.807, 2.05) is 0 Å². The molecule has 3 atom stereocenters. The van der Waals surface area contributed by atoms with Crippen LogP contribution in [0.1, 0.15) is 29.5 Å². The number of benzene rings is 3. The van der Waals surface area contributed by atoms with Gasteiger partial charge in [-0.15, -0.1) is 4.99 Å². The van der Waals surface area contributed by atoms with Crippen LogP contribution in [0.2, 0.25) is 0 Å². The molecule has 2 aliphatic heterocycles. The number of thiol groups is 1. The van der Waals surface area contributed by atoms with Gasteiger partial charge in [-0.1, -0.05) is 0 Å². The van der Waals surface area contributed by atoms with Gasteiger partial charge in [-0.3, -0.25) is 44.8 Å². The second kappa shape index (κ2) is 19.9. The average Bonchev–Trinajstić information content (AvgIpc) is 3.86. The molecule has 0 saturated carbocycles. The van der Waals surface area contributed by atoms with Crippen molar-refractivity contribution in [3.8, 4) is 0 Å². The Bertz CT molecular complexity index is 2160. The van der Waals surface area contributed by atoms with Crippen LogP contribution in [0, 0.1) is 30.3 Å². The highest BCUT2D eigenvalue weighted by atomic mass is 32.1. The van der Waals surface area contributed by atoms with Crippen molar-refractivity contribution in [1.82, 2.24) is 20.0 Å². The van der Waals surface area contributed by atoms with Crippen molar-refractivity contribution in [3.63, 3.8) is 0 Å². The molecule has 2 fully saturated rings. The Morgan fingerprint density at radius 3 is 1.75 bits per heavy atom. The molecule has 5 amide bonds. The van der Waals surface area contributed by atoms with Crippen molar-refractivity contribution in [2.24, 2.45) is 10.7 Å². The molecule has 0 radical (unpaired) electrons. The molecular weight excluding hydrogens is 815 g/mol. The molecular formula is C36H37N9O14S. The summed E-state index contributed by atoms with van der Waals surface area (Å²) >= 11 is 4.47. The van der Waals surface area contributed by atoms with Crippen molar-refractivity contribution < 1.29 is 53.0 Å². The highest BCUT2D eigenvalue weighted by Crippen LogP contribution is 2.26. The van der Waals surface area contributed by atoms with Crippen LogP contribution in [0.5, 0.6) is 0 Å². The van der Waals surface area contributed by atoms with Gasteiger partial charge in [-0.25, -0.2) is 19.3 Å². The molecule has 3 aromatic carbocycles. The predicted octanol–water partition coefficient (Wildman–Crippen LogP) is 3.43. The summed E-state index contributed by atoms with van der Waals surface area (Å²) in [6.07, 6.45) is -2.75. The molecule has 2 heterocycles. The SMILES string of the molecule is NC(=NC(=O)OCc1ccc([N+](=O)[O-])cc1)N(CC(=O)N[C@H]1CCN(C(=O)[C@@H]2C[C@H](S)CN2C(=O)OCc2ccc([N+](=O)[O-])cc2)C1)C(=O)OCc1ccc([N+](=O)[O-])cc1. The van der Waals surface area contributed by atoms with Crippen LogP contribution >= 0.6 is 12.6 Å². The van der Waals surface area contributed by atoms with Gasteiger partial charge < -0.3 is 30.2 Å². The number of hydrogen-bond acceptors (Lipinski definition) is 15. The van der Waals surface area contributed by atoms with E-state index in [1.54, 1.807) is 0 Å². The van der Waals surface area contributed by atoms with Crippen LogP contribution in [-0.4, -0.2) is 109 Å². The maximum absolute atomic E-state index is 13.7. The van der Waals surface area contributed by atoms with Crippen LogP contribution in [0.25, 0.3) is 0 Å². The van der Waals surface area contributed by atoms with Gasteiger partial charge in [0.15, 0.2) is 0 Å².